The maximum absolute atomic E-state index is 3.58. The van der Waals surface area contributed by atoms with Crippen LogP contribution in [0.3, 0.4) is 0 Å². The van der Waals surface area contributed by atoms with Crippen molar-refractivity contribution in [1.82, 2.24) is 0 Å². The standard InChI is InChI=1S/C32H21BrS/c33-30-9-4-8-27(21-30)26-7-3-6-25(19-26)22-11-13-23(14-12-22)28-17-18-32-29(20-28)16-15-24-5-1-2-10-31(24)34-32/h1-21H. The van der Waals surface area contributed by atoms with Gasteiger partial charge in [0.2, 0.25) is 0 Å². The first-order valence-corrected chi connectivity index (χ1v) is 12.9. The molecule has 162 valence electrons. The number of hydrogen-bond donors (Lipinski definition) is 0. The highest BCUT2D eigenvalue weighted by Gasteiger charge is 2.11. The maximum Gasteiger partial charge on any atom is 0.0195 e. The SMILES string of the molecule is Brc1cccc(-c2cccc(-c3ccc(-c4ccc5c(c4)C=Cc4ccccc4S5)cc3)c2)c1. The van der Waals surface area contributed by atoms with E-state index >= 15 is 0 Å². The molecular formula is C32H21BrS. The summed E-state index contributed by atoms with van der Waals surface area (Å²) in [4.78, 5) is 2.60. The van der Waals surface area contributed by atoms with E-state index in [1.807, 2.05) is 11.8 Å². The molecule has 0 aliphatic carbocycles. The van der Waals surface area contributed by atoms with Crippen LogP contribution < -0.4 is 0 Å². The van der Waals surface area contributed by atoms with Crippen LogP contribution in [0, 0.1) is 0 Å². The van der Waals surface area contributed by atoms with E-state index in [0.29, 0.717) is 0 Å². The Morgan fingerprint density at radius 1 is 0.412 bits per heavy atom. The van der Waals surface area contributed by atoms with Crippen molar-refractivity contribution in [2.75, 3.05) is 0 Å². The van der Waals surface area contributed by atoms with Crippen LogP contribution in [-0.4, -0.2) is 0 Å². The van der Waals surface area contributed by atoms with Gasteiger partial charge in [-0.05, 0) is 80.9 Å². The predicted octanol–water partition coefficient (Wildman–Crippen LogP) is 10.1. The summed E-state index contributed by atoms with van der Waals surface area (Å²) in [5, 5.41) is 0. The highest BCUT2D eigenvalue weighted by Crippen LogP contribution is 2.39. The minimum absolute atomic E-state index is 1.10. The fourth-order valence-corrected chi connectivity index (χ4v) is 5.78. The molecule has 0 atom stereocenters. The number of rotatable bonds is 3. The largest absolute Gasteiger partial charge is 0.0888 e. The van der Waals surface area contributed by atoms with Crippen molar-refractivity contribution in [3.63, 3.8) is 0 Å². The van der Waals surface area contributed by atoms with E-state index in [1.165, 1.54) is 54.3 Å². The first-order chi connectivity index (χ1) is 16.7. The molecule has 0 bridgehead atoms. The van der Waals surface area contributed by atoms with E-state index in [9.17, 15) is 0 Å². The number of hydrogen-bond acceptors (Lipinski definition) is 1. The Morgan fingerprint density at radius 2 is 0.971 bits per heavy atom. The van der Waals surface area contributed by atoms with Crippen LogP contribution in [-0.2, 0) is 0 Å². The fourth-order valence-electron chi connectivity index (χ4n) is 4.36. The minimum Gasteiger partial charge on any atom is -0.0888 e. The average Bonchev–Trinajstić information content (AvgIpc) is 3.08. The van der Waals surface area contributed by atoms with E-state index in [4.69, 9.17) is 0 Å². The van der Waals surface area contributed by atoms with Crippen molar-refractivity contribution in [3.05, 3.63) is 131 Å². The highest BCUT2D eigenvalue weighted by molar-refractivity contribution is 9.10. The van der Waals surface area contributed by atoms with Gasteiger partial charge in [0.25, 0.3) is 0 Å². The fraction of sp³-hybridized carbons (Fsp3) is 0. The van der Waals surface area contributed by atoms with Crippen LogP contribution in [0.2, 0.25) is 0 Å². The second kappa shape index (κ2) is 9.13. The monoisotopic (exact) mass is 516 g/mol. The quantitative estimate of drug-likeness (QED) is 0.225. The van der Waals surface area contributed by atoms with Crippen LogP contribution in [0.15, 0.2) is 130 Å². The molecular weight excluding hydrogens is 496 g/mol. The molecule has 6 rings (SSSR count). The van der Waals surface area contributed by atoms with E-state index < -0.39 is 0 Å². The van der Waals surface area contributed by atoms with Gasteiger partial charge in [0.15, 0.2) is 0 Å². The molecule has 0 unspecified atom stereocenters. The second-order valence-electron chi connectivity index (χ2n) is 8.39. The zero-order valence-corrected chi connectivity index (χ0v) is 20.8. The Morgan fingerprint density at radius 3 is 1.74 bits per heavy atom. The molecule has 0 saturated carbocycles. The maximum atomic E-state index is 3.58. The molecule has 0 amide bonds. The van der Waals surface area contributed by atoms with Crippen molar-refractivity contribution in [3.8, 4) is 33.4 Å². The van der Waals surface area contributed by atoms with Crippen molar-refractivity contribution in [1.29, 1.82) is 0 Å². The Balaban J connectivity index is 1.29. The number of benzene rings is 5. The van der Waals surface area contributed by atoms with Crippen LogP contribution in [0.5, 0.6) is 0 Å². The van der Waals surface area contributed by atoms with Crippen LogP contribution in [0.4, 0.5) is 0 Å². The van der Waals surface area contributed by atoms with Gasteiger partial charge in [0.1, 0.15) is 0 Å². The van der Waals surface area contributed by atoms with E-state index in [1.54, 1.807) is 0 Å². The molecule has 0 saturated heterocycles. The average molecular weight is 517 g/mol. The zero-order chi connectivity index (χ0) is 22.9. The smallest absolute Gasteiger partial charge is 0.0195 e. The van der Waals surface area contributed by atoms with Gasteiger partial charge >= 0.3 is 0 Å². The van der Waals surface area contributed by atoms with Gasteiger partial charge in [-0.15, -0.1) is 0 Å². The van der Waals surface area contributed by atoms with Gasteiger partial charge in [-0.3, -0.25) is 0 Å². The van der Waals surface area contributed by atoms with Gasteiger partial charge in [-0.25, -0.2) is 0 Å². The summed E-state index contributed by atoms with van der Waals surface area (Å²) in [7, 11) is 0. The van der Waals surface area contributed by atoms with Crippen molar-refractivity contribution in [2.45, 2.75) is 9.79 Å². The minimum atomic E-state index is 1.10. The molecule has 5 aromatic carbocycles. The normalized spacial score (nSPS) is 12.0. The second-order valence-corrected chi connectivity index (χ2v) is 10.4. The Kier molecular flexibility index (Phi) is 5.70. The lowest BCUT2D eigenvalue weighted by Gasteiger charge is -2.10. The molecule has 0 spiro atoms. The lowest BCUT2D eigenvalue weighted by Crippen LogP contribution is -1.85. The van der Waals surface area contributed by atoms with Crippen LogP contribution in [0.1, 0.15) is 11.1 Å². The summed E-state index contributed by atoms with van der Waals surface area (Å²) in [6.45, 7) is 0. The molecule has 2 heteroatoms. The summed E-state index contributed by atoms with van der Waals surface area (Å²) in [5.74, 6) is 0. The summed E-state index contributed by atoms with van der Waals surface area (Å²) in [5.41, 5.74) is 9.90. The Hall–Kier alpha value is -3.33. The summed E-state index contributed by atoms with van der Waals surface area (Å²) >= 11 is 5.42. The molecule has 0 N–H and O–H groups in total. The van der Waals surface area contributed by atoms with Gasteiger partial charge in [-0.1, -0.05) is 119 Å². The number of halogens is 1. The lowest BCUT2D eigenvalue weighted by atomic mass is 9.96. The molecule has 34 heavy (non-hydrogen) atoms. The van der Waals surface area contributed by atoms with Gasteiger partial charge in [0, 0.05) is 14.3 Å². The molecule has 5 aromatic rings. The zero-order valence-electron chi connectivity index (χ0n) is 18.4. The first kappa shape index (κ1) is 21.2. The first-order valence-electron chi connectivity index (χ1n) is 11.3. The van der Waals surface area contributed by atoms with Crippen molar-refractivity contribution >= 4 is 39.8 Å². The molecule has 0 aromatic heterocycles. The summed E-state index contributed by atoms with van der Waals surface area (Å²) < 4.78 is 1.10. The van der Waals surface area contributed by atoms with E-state index in [-0.39, 0.29) is 0 Å². The molecule has 0 fully saturated rings. The van der Waals surface area contributed by atoms with Gasteiger partial charge < -0.3 is 0 Å². The highest BCUT2D eigenvalue weighted by atomic mass is 79.9. The molecule has 0 nitrogen and oxygen atoms in total. The number of fused-ring (bicyclic) bond motifs is 2. The molecule has 1 heterocycles. The topological polar surface area (TPSA) is 0 Å². The van der Waals surface area contributed by atoms with Crippen molar-refractivity contribution in [2.24, 2.45) is 0 Å². The van der Waals surface area contributed by atoms with Crippen molar-refractivity contribution < 1.29 is 0 Å². The Labute approximate surface area is 213 Å². The predicted molar refractivity (Wildman–Crippen MR) is 150 cm³/mol. The lowest BCUT2D eigenvalue weighted by molar-refractivity contribution is 1.39. The molecule has 0 radical (unpaired) electrons. The van der Waals surface area contributed by atoms with Gasteiger partial charge in [0.05, 0.1) is 0 Å². The van der Waals surface area contributed by atoms with E-state index in [0.717, 1.165) is 4.47 Å². The van der Waals surface area contributed by atoms with Crippen LogP contribution in [0.25, 0.3) is 45.5 Å². The third-order valence-electron chi connectivity index (χ3n) is 6.16. The summed E-state index contributed by atoms with van der Waals surface area (Å²) in [6.07, 6.45) is 4.46. The third-order valence-corrected chi connectivity index (χ3v) is 7.84. The van der Waals surface area contributed by atoms with Gasteiger partial charge in [-0.2, -0.15) is 0 Å². The molecule has 1 aliphatic rings. The van der Waals surface area contributed by atoms with Crippen LogP contribution >= 0.6 is 27.7 Å². The Bertz CT molecular complexity index is 1530. The van der Waals surface area contributed by atoms with E-state index in [2.05, 4.69) is 143 Å². The summed E-state index contributed by atoms with van der Waals surface area (Å²) in [6, 6.07) is 41.4. The molecule has 1 aliphatic heterocycles. The third kappa shape index (κ3) is 4.27.